The first-order valence-electron chi connectivity index (χ1n) is 12.7. The van der Waals surface area contributed by atoms with Crippen LogP contribution < -0.4 is 0 Å². The number of aliphatic hydroxyl groups is 1. The van der Waals surface area contributed by atoms with Crippen molar-refractivity contribution < 1.29 is 14.9 Å². The van der Waals surface area contributed by atoms with Crippen LogP contribution in [0.1, 0.15) is 80.1 Å². The molecular formula is C28H42O3. The molecule has 0 aromatic heterocycles. The zero-order valence-corrected chi connectivity index (χ0v) is 20.4. The van der Waals surface area contributed by atoms with Gasteiger partial charge in [0.25, 0.3) is 0 Å². The lowest BCUT2D eigenvalue weighted by Gasteiger charge is -2.66. The smallest absolute Gasteiger partial charge is 0.147 e. The summed E-state index contributed by atoms with van der Waals surface area (Å²) in [5.74, 6) is 2.98. The van der Waals surface area contributed by atoms with E-state index < -0.39 is 11.2 Å². The molecule has 3 heteroatoms. The zero-order chi connectivity index (χ0) is 22.2. The van der Waals surface area contributed by atoms with E-state index in [9.17, 15) is 5.11 Å². The summed E-state index contributed by atoms with van der Waals surface area (Å²) in [5, 5.41) is 10.4. The molecule has 0 aromatic carbocycles. The van der Waals surface area contributed by atoms with Gasteiger partial charge >= 0.3 is 0 Å². The van der Waals surface area contributed by atoms with E-state index in [1.54, 1.807) is 0 Å². The molecule has 31 heavy (non-hydrogen) atoms. The summed E-state index contributed by atoms with van der Waals surface area (Å²) in [6.45, 7) is 14.2. The Morgan fingerprint density at radius 1 is 1.03 bits per heavy atom. The Labute approximate surface area is 188 Å². The summed E-state index contributed by atoms with van der Waals surface area (Å²) in [4.78, 5) is 12.6. The second-order valence-corrected chi connectivity index (χ2v) is 12.3. The largest absolute Gasteiger partial charge is 0.393 e. The summed E-state index contributed by atoms with van der Waals surface area (Å²) in [7, 11) is 0. The van der Waals surface area contributed by atoms with E-state index in [0.29, 0.717) is 36.0 Å². The molecule has 2 heterocycles. The van der Waals surface area contributed by atoms with Gasteiger partial charge < -0.3 is 5.11 Å². The molecule has 0 unspecified atom stereocenters. The lowest BCUT2D eigenvalue weighted by Crippen LogP contribution is -2.69. The maximum atomic E-state index is 10.4. The van der Waals surface area contributed by atoms with E-state index in [4.69, 9.17) is 9.78 Å². The third-order valence-corrected chi connectivity index (χ3v) is 10.5. The van der Waals surface area contributed by atoms with Gasteiger partial charge in [-0.15, -0.1) is 0 Å². The Hall–Kier alpha value is -0.900. The maximum absolute atomic E-state index is 10.4. The van der Waals surface area contributed by atoms with Crippen molar-refractivity contribution in [3.63, 3.8) is 0 Å². The predicted molar refractivity (Wildman–Crippen MR) is 124 cm³/mol. The molecule has 2 spiro atoms. The number of rotatable bonds is 4. The quantitative estimate of drug-likeness (QED) is 0.418. The molecule has 0 radical (unpaired) electrons. The van der Waals surface area contributed by atoms with Gasteiger partial charge in [0.15, 0.2) is 0 Å². The minimum Gasteiger partial charge on any atom is -0.393 e. The Morgan fingerprint density at radius 3 is 2.48 bits per heavy atom. The fourth-order valence-electron chi connectivity index (χ4n) is 8.01. The fourth-order valence-corrected chi connectivity index (χ4v) is 8.01. The molecule has 6 rings (SSSR count). The summed E-state index contributed by atoms with van der Waals surface area (Å²) in [5.41, 5.74) is 0.656. The Bertz CT molecular complexity index is 826. The van der Waals surface area contributed by atoms with Crippen molar-refractivity contribution >= 4 is 0 Å². The minimum atomic E-state index is -0.507. The van der Waals surface area contributed by atoms with Gasteiger partial charge in [0, 0.05) is 17.8 Å². The summed E-state index contributed by atoms with van der Waals surface area (Å²) < 4.78 is 0. The van der Waals surface area contributed by atoms with Crippen LogP contribution in [0.4, 0.5) is 0 Å². The zero-order valence-electron chi connectivity index (χ0n) is 20.4. The third kappa shape index (κ3) is 2.82. The molecule has 3 nitrogen and oxygen atoms in total. The van der Waals surface area contributed by atoms with Gasteiger partial charge in [0.2, 0.25) is 0 Å². The van der Waals surface area contributed by atoms with Crippen LogP contribution in [0.2, 0.25) is 0 Å². The molecule has 3 fully saturated rings. The average Bonchev–Trinajstić information content (AvgIpc) is 3.09. The normalized spacial score (nSPS) is 50.2. The van der Waals surface area contributed by atoms with Crippen LogP contribution in [-0.4, -0.2) is 22.4 Å². The molecule has 6 aliphatic rings. The first kappa shape index (κ1) is 21.9. The molecule has 4 aliphatic carbocycles. The highest BCUT2D eigenvalue weighted by Gasteiger charge is 2.71. The monoisotopic (exact) mass is 426 g/mol. The predicted octanol–water partition coefficient (Wildman–Crippen LogP) is 6.39. The highest BCUT2D eigenvalue weighted by atomic mass is 17.2. The van der Waals surface area contributed by atoms with E-state index in [1.165, 1.54) is 18.4 Å². The van der Waals surface area contributed by atoms with Gasteiger partial charge in [-0.2, -0.15) is 0 Å². The van der Waals surface area contributed by atoms with Gasteiger partial charge in [-0.25, -0.2) is 9.78 Å². The van der Waals surface area contributed by atoms with Crippen LogP contribution >= 0.6 is 0 Å². The van der Waals surface area contributed by atoms with Crippen LogP contribution in [-0.2, 0) is 9.78 Å². The number of fused-ring (bicyclic) bond motifs is 2. The molecule has 172 valence electrons. The SMILES string of the molecule is CC(C)[C@@H](C)/C=C/[C@@H](C)[C@H]1CC[C@@H]2[C@]1(C)CC=C1[C@@]23C=C[C@@]2(C[C@@H](O)CC[C@]12C)OO3. The summed E-state index contributed by atoms with van der Waals surface area (Å²) in [6.07, 6.45) is 17.8. The van der Waals surface area contributed by atoms with Crippen molar-refractivity contribution in [1.29, 1.82) is 0 Å². The number of allylic oxidation sites excluding steroid dienone is 3. The van der Waals surface area contributed by atoms with E-state index in [-0.39, 0.29) is 16.9 Å². The van der Waals surface area contributed by atoms with Crippen LogP contribution in [0.25, 0.3) is 0 Å². The molecule has 2 aliphatic heterocycles. The van der Waals surface area contributed by atoms with Crippen LogP contribution in [0.5, 0.6) is 0 Å². The minimum absolute atomic E-state index is 0.0726. The molecule has 2 saturated carbocycles. The average molecular weight is 427 g/mol. The van der Waals surface area contributed by atoms with Crippen molar-refractivity contribution in [1.82, 2.24) is 0 Å². The number of hydrogen-bond donors (Lipinski definition) is 1. The third-order valence-electron chi connectivity index (χ3n) is 10.5. The molecule has 9 atom stereocenters. The van der Waals surface area contributed by atoms with Gasteiger partial charge in [-0.05, 0) is 78.9 Å². The molecule has 2 bridgehead atoms. The van der Waals surface area contributed by atoms with Crippen molar-refractivity contribution in [3.05, 3.63) is 36.0 Å². The second-order valence-electron chi connectivity index (χ2n) is 12.3. The number of hydrogen-bond acceptors (Lipinski definition) is 3. The van der Waals surface area contributed by atoms with Crippen molar-refractivity contribution in [2.45, 2.75) is 97.4 Å². The van der Waals surface area contributed by atoms with Gasteiger partial charge in [0.05, 0.1) is 6.10 Å². The molecular weight excluding hydrogens is 384 g/mol. The molecule has 1 N–H and O–H groups in total. The van der Waals surface area contributed by atoms with Gasteiger partial charge in [0.1, 0.15) is 11.2 Å². The maximum Gasteiger partial charge on any atom is 0.147 e. The topological polar surface area (TPSA) is 38.7 Å². The van der Waals surface area contributed by atoms with Crippen LogP contribution in [0, 0.1) is 40.4 Å². The van der Waals surface area contributed by atoms with E-state index >= 15 is 0 Å². The van der Waals surface area contributed by atoms with E-state index in [0.717, 1.165) is 19.3 Å². The Kier molecular flexibility index (Phi) is 4.98. The first-order valence-corrected chi connectivity index (χ1v) is 12.7. The van der Waals surface area contributed by atoms with Crippen molar-refractivity contribution in [2.24, 2.45) is 40.4 Å². The molecule has 1 saturated heterocycles. The lowest BCUT2D eigenvalue weighted by atomic mass is 9.47. The summed E-state index contributed by atoms with van der Waals surface area (Å²) in [6, 6.07) is 0. The van der Waals surface area contributed by atoms with Crippen LogP contribution in [0.15, 0.2) is 36.0 Å². The fraction of sp³-hybridized carbons (Fsp3) is 0.786. The van der Waals surface area contributed by atoms with Crippen LogP contribution in [0.3, 0.4) is 0 Å². The Balaban J connectivity index is 1.48. The van der Waals surface area contributed by atoms with Gasteiger partial charge in [-0.3, -0.25) is 0 Å². The van der Waals surface area contributed by atoms with Crippen molar-refractivity contribution in [3.8, 4) is 0 Å². The highest BCUT2D eigenvalue weighted by Crippen LogP contribution is 2.71. The Morgan fingerprint density at radius 2 is 1.81 bits per heavy atom. The number of aliphatic hydroxyl groups excluding tert-OH is 1. The van der Waals surface area contributed by atoms with Gasteiger partial charge in [-0.1, -0.05) is 59.8 Å². The first-order chi connectivity index (χ1) is 14.6. The molecule has 0 amide bonds. The highest BCUT2D eigenvalue weighted by molar-refractivity contribution is 5.48. The summed E-state index contributed by atoms with van der Waals surface area (Å²) >= 11 is 0. The lowest BCUT2D eigenvalue weighted by molar-refractivity contribution is -0.455. The van der Waals surface area contributed by atoms with E-state index in [2.05, 4.69) is 71.9 Å². The standard InChI is InChI=1S/C28H42O3/c1-18(2)19(3)7-8-20(4)22-9-10-23-25(22,5)13-12-24-26(6)14-11-21(29)17-27(26)15-16-28(23,24)31-30-27/h7-8,12,15-16,18-23,29H,9-11,13-14,17H2,1-6H3/b8-7+/t19-,20+,21-,22+,23+,25+,26+,27-,28+/m0/s1. The second kappa shape index (κ2) is 7.05. The van der Waals surface area contributed by atoms with Crippen molar-refractivity contribution in [2.75, 3.05) is 0 Å². The van der Waals surface area contributed by atoms with E-state index in [1.807, 2.05) is 0 Å². The molecule has 0 aromatic rings.